The van der Waals surface area contributed by atoms with Crippen molar-refractivity contribution in [1.29, 1.82) is 0 Å². The van der Waals surface area contributed by atoms with E-state index in [1.165, 1.54) is 13.8 Å². The molecule has 94 valence electrons. The van der Waals surface area contributed by atoms with Crippen LogP contribution < -0.4 is 4.74 Å². The van der Waals surface area contributed by atoms with E-state index in [2.05, 4.69) is 0 Å². The first-order valence-electron chi connectivity index (χ1n) is 4.83. The van der Waals surface area contributed by atoms with E-state index in [0.717, 1.165) is 18.2 Å². The standard InChI is InChI=1S/C11H11F3O3/c1-6(2)17-9-7(10(15)16)4-3-5-8(9)11(12,13)14/h3-6H,1-2H3,(H,15,16). The van der Waals surface area contributed by atoms with Crippen LogP contribution in [-0.2, 0) is 6.18 Å². The van der Waals surface area contributed by atoms with Gasteiger partial charge in [-0.05, 0) is 26.0 Å². The molecule has 0 atom stereocenters. The van der Waals surface area contributed by atoms with Gasteiger partial charge in [-0.2, -0.15) is 13.2 Å². The Morgan fingerprint density at radius 3 is 2.35 bits per heavy atom. The fraction of sp³-hybridized carbons (Fsp3) is 0.364. The predicted molar refractivity (Wildman–Crippen MR) is 54.2 cm³/mol. The summed E-state index contributed by atoms with van der Waals surface area (Å²) in [5.74, 6) is -2.09. The summed E-state index contributed by atoms with van der Waals surface area (Å²) in [6.07, 6.45) is -5.19. The van der Waals surface area contributed by atoms with Crippen molar-refractivity contribution in [3.8, 4) is 5.75 Å². The van der Waals surface area contributed by atoms with Crippen LogP contribution in [0.15, 0.2) is 18.2 Å². The van der Waals surface area contributed by atoms with Gasteiger partial charge in [0, 0.05) is 0 Å². The van der Waals surface area contributed by atoms with Crippen LogP contribution in [0.25, 0.3) is 0 Å². The Morgan fingerprint density at radius 2 is 1.94 bits per heavy atom. The second-order valence-electron chi connectivity index (χ2n) is 3.65. The van der Waals surface area contributed by atoms with Crippen molar-refractivity contribution in [3.05, 3.63) is 29.3 Å². The molecule has 0 aliphatic heterocycles. The zero-order valence-corrected chi connectivity index (χ0v) is 9.21. The molecule has 0 bridgehead atoms. The third-order valence-electron chi connectivity index (χ3n) is 1.90. The van der Waals surface area contributed by atoms with Crippen molar-refractivity contribution in [3.63, 3.8) is 0 Å². The summed E-state index contributed by atoms with van der Waals surface area (Å²) in [7, 11) is 0. The number of benzene rings is 1. The van der Waals surface area contributed by atoms with E-state index in [4.69, 9.17) is 9.84 Å². The number of ether oxygens (including phenoxy) is 1. The Labute approximate surface area is 95.8 Å². The molecule has 6 heteroatoms. The van der Waals surface area contributed by atoms with Crippen LogP contribution in [0.1, 0.15) is 29.8 Å². The Morgan fingerprint density at radius 1 is 1.35 bits per heavy atom. The second-order valence-corrected chi connectivity index (χ2v) is 3.65. The molecule has 0 heterocycles. The predicted octanol–water partition coefficient (Wildman–Crippen LogP) is 3.19. The average molecular weight is 248 g/mol. The highest BCUT2D eigenvalue weighted by atomic mass is 19.4. The topological polar surface area (TPSA) is 46.5 Å². The fourth-order valence-electron chi connectivity index (χ4n) is 1.29. The maximum Gasteiger partial charge on any atom is 0.419 e. The molecule has 0 aromatic heterocycles. The lowest BCUT2D eigenvalue weighted by atomic mass is 10.1. The van der Waals surface area contributed by atoms with Gasteiger partial charge in [0.15, 0.2) is 0 Å². The number of para-hydroxylation sites is 1. The number of halogens is 3. The maximum atomic E-state index is 12.7. The highest BCUT2D eigenvalue weighted by Gasteiger charge is 2.36. The Hall–Kier alpha value is -1.72. The number of carboxylic acid groups (broad SMARTS) is 1. The molecule has 1 N–H and O–H groups in total. The van der Waals surface area contributed by atoms with E-state index < -0.39 is 35.1 Å². The van der Waals surface area contributed by atoms with Crippen LogP contribution in [0.2, 0.25) is 0 Å². The summed E-state index contributed by atoms with van der Waals surface area (Å²) >= 11 is 0. The van der Waals surface area contributed by atoms with Crippen LogP contribution in [0.3, 0.4) is 0 Å². The number of hydrogen-bond donors (Lipinski definition) is 1. The van der Waals surface area contributed by atoms with Crippen molar-refractivity contribution < 1.29 is 27.8 Å². The summed E-state index contributed by atoms with van der Waals surface area (Å²) in [5.41, 5.74) is -1.57. The third kappa shape index (κ3) is 3.12. The van der Waals surface area contributed by atoms with Gasteiger partial charge in [-0.1, -0.05) is 6.07 Å². The summed E-state index contributed by atoms with van der Waals surface area (Å²) in [6, 6.07) is 2.92. The van der Waals surface area contributed by atoms with E-state index in [0.29, 0.717) is 0 Å². The molecule has 0 fully saturated rings. The SMILES string of the molecule is CC(C)Oc1c(C(=O)O)cccc1C(F)(F)F. The van der Waals surface area contributed by atoms with Gasteiger partial charge >= 0.3 is 12.1 Å². The van der Waals surface area contributed by atoms with Crippen LogP contribution in [0, 0.1) is 0 Å². The molecule has 0 aliphatic rings. The van der Waals surface area contributed by atoms with E-state index in [1.54, 1.807) is 0 Å². The lowest BCUT2D eigenvalue weighted by Gasteiger charge is -2.17. The molecule has 0 radical (unpaired) electrons. The number of rotatable bonds is 3. The number of alkyl halides is 3. The lowest BCUT2D eigenvalue weighted by molar-refractivity contribution is -0.139. The molecule has 3 nitrogen and oxygen atoms in total. The van der Waals surface area contributed by atoms with Gasteiger partial charge in [0.05, 0.1) is 11.7 Å². The fourth-order valence-corrected chi connectivity index (χ4v) is 1.29. The number of carboxylic acids is 1. The summed E-state index contributed by atoms with van der Waals surface area (Å²) < 4.78 is 43.0. The minimum Gasteiger partial charge on any atom is -0.489 e. The molecule has 17 heavy (non-hydrogen) atoms. The van der Waals surface area contributed by atoms with Crippen molar-refractivity contribution in [2.24, 2.45) is 0 Å². The average Bonchev–Trinajstić information content (AvgIpc) is 2.14. The molecule has 0 aliphatic carbocycles. The smallest absolute Gasteiger partial charge is 0.419 e. The van der Waals surface area contributed by atoms with Gasteiger partial charge in [0.2, 0.25) is 0 Å². The van der Waals surface area contributed by atoms with Crippen molar-refractivity contribution >= 4 is 5.97 Å². The molecule has 0 spiro atoms. The molecule has 0 saturated carbocycles. The quantitative estimate of drug-likeness (QED) is 0.893. The van der Waals surface area contributed by atoms with Crippen LogP contribution in [-0.4, -0.2) is 17.2 Å². The lowest BCUT2D eigenvalue weighted by Crippen LogP contribution is -2.16. The Balaban J connectivity index is 3.40. The first-order chi connectivity index (χ1) is 7.73. The van der Waals surface area contributed by atoms with Gasteiger partial charge in [0.1, 0.15) is 11.3 Å². The van der Waals surface area contributed by atoms with Crippen molar-refractivity contribution in [1.82, 2.24) is 0 Å². The number of carbonyl (C=O) groups is 1. The third-order valence-corrected chi connectivity index (χ3v) is 1.90. The first kappa shape index (κ1) is 13.3. The first-order valence-corrected chi connectivity index (χ1v) is 4.83. The van der Waals surface area contributed by atoms with Crippen LogP contribution in [0.4, 0.5) is 13.2 Å². The number of aromatic carboxylic acids is 1. The molecule has 0 unspecified atom stereocenters. The second kappa shape index (κ2) is 4.65. The van der Waals surface area contributed by atoms with E-state index in [9.17, 15) is 18.0 Å². The van der Waals surface area contributed by atoms with Crippen LogP contribution >= 0.6 is 0 Å². The van der Waals surface area contributed by atoms with Gasteiger partial charge in [-0.3, -0.25) is 0 Å². The normalized spacial score (nSPS) is 11.6. The minimum atomic E-state index is -4.64. The Kier molecular flexibility index (Phi) is 3.65. The molecular formula is C11H11F3O3. The highest BCUT2D eigenvalue weighted by molar-refractivity contribution is 5.91. The molecule has 1 aromatic rings. The highest BCUT2D eigenvalue weighted by Crippen LogP contribution is 2.38. The van der Waals surface area contributed by atoms with Crippen molar-refractivity contribution in [2.75, 3.05) is 0 Å². The van der Waals surface area contributed by atoms with Gasteiger partial charge in [0.25, 0.3) is 0 Å². The number of hydrogen-bond acceptors (Lipinski definition) is 2. The molecular weight excluding hydrogens is 237 g/mol. The summed E-state index contributed by atoms with van der Waals surface area (Å²) in [4.78, 5) is 10.8. The molecule has 1 aromatic carbocycles. The van der Waals surface area contributed by atoms with E-state index in [-0.39, 0.29) is 0 Å². The zero-order valence-electron chi connectivity index (χ0n) is 9.21. The van der Waals surface area contributed by atoms with Gasteiger partial charge in [-0.25, -0.2) is 4.79 Å². The molecule has 0 amide bonds. The maximum absolute atomic E-state index is 12.7. The van der Waals surface area contributed by atoms with Gasteiger partial charge in [-0.15, -0.1) is 0 Å². The summed E-state index contributed by atoms with van der Waals surface area (Å²) in [6.45, 7) is 3.05. The molecule has 0 saturated heterocycles. The minimum absolute atomic E-state index is 0.492. The van der Waals surface area contributed by atoms with Gasteiger partial charge < -0.3 is 9.84 Å². The zero-order chi connectivity index (χ0) is 13.2. The summed E-state index contributed by atoms with van der Waals surface area (Å²) in [5, 5.41) is 8.82. The Bertz CT molecular complexity index is 424. The van der Waals surface area contributed by atoms with E-state index in [1.807, 2.05) is 0 Å². The molecule has 1 rings (SSSR count). The monoisotopic (exact) mass is 248 g/mol. The van der Waals surface area contributed by atoms with Crippen LogP contribution in [0.5, 0.6) is 5.75 Å². The van der Waals surface area contributed by atoms with E-state index >= 15 is 0 Å². The largest absolute Gasteiger partial charge is 0.489 e. The van der Waals surface area contributed by atoms with Crippen molar-refractivity contribution in [2.45, 2.75) is 26.1 Å².